The van der Waals surface area contributed by atoms with Crippen molar-refractivity contribution in [2.24, 2.45) is 29.6 Å². The van der Waals surface area contributed by atoms with Gasteiger partial charge in [0.05, 0.1) is 22.5 Å². The van der Waals surface area contributed by atoms with E-state index in [1.807, 2.05) is 43.3 Å². The summed E-state index contributed by atoms with van der Waals surface area (Å²) in [5.41, 5.74) is 2.95. The number of aryl methyl sites for hydroxylation is 1. The smallest absolute Gasteiger partial charge is 0.305 e. The van der Waals surface area contributed by atoms with Crippen molar-refractivity contribution < 1.29 is 9.59 Å². The van der Waals surface area contributed by atoms with Crippen molar-refractivity contribution in [3.05, 3.63) is 78.7 Å². The highest BCUT2D eigenvalue weighted by atomic mass is 79.9. The number of carbonyl (C=O) groups is 2. The van der Waals surface area contributed by atoms with Gasteiger partial charge >= 0.3 is 4.87 Å². The molecule has 172 valence electrons. The standard InChI is InChI=1S/C26H21BrN2O3S2/c1-11-2-8-14(9-3-11)29-24(30)19-15-10-16(20(19)25(29)31)21-18(15)17(12-4-6-13(27)7-5-12)22-23(33-21)28-26(32)34-22/h2-9,15-21H,10H2,1H3,(H,28,32)/t15-,16-,17+,18+,19+,20+,21-/m1/s1. The third-order valence-corrected chi connectivity index (χ3v) is 11.4. The molecule has 2 bridgehead atoms. The van der Waals surface area contributed by atoms with Crippen LogP contribution in [0.1, 0.15) is 28.3 Å². The lowest BCUT2D eigenvalue weighted by Crippen LogP contribution is -2.42. The van der Waals surface area contributed by atoms with Gasteiger partial charge in [0.1, 0.15) is 0 Å². The molecule has 0 radical (unpaired) electrons. The van der Waals surface area contributed by atoms with E-state index < -0.39 is 0 Å². The number of fused-ring (bicyclic) bond motifs is 9. The van der Waals surface area contributed by atoms with Crippen LogP contribution in [0.5, 0.6) is 0 Å². The topological polar surface area (TPSA) is 70.2 Å². The van der Waals surface area contributed by atoms with Crippen LogP contribution in [0.2, 0.25) is 0 Å². The maximum absolute atomic E-state index is 13.7. The predicted molar refractivity (Wildman–Crippen MR) is 136 cm³/mol. The lowest BCUT2D eigenvalue weighted by atomic mass is 9.68. The maximum atomic E-state index is 13.7. The molecular weight excluding hydrogens is 532 g/mol. The number of amides is 2. The number of thioether (sulfide) groups is 1. The largest absolute Gasteiger partial charge is 0.307 e. The van der Waals surface area contributed by atoms with Gasteiger partial charge in [0.15, 0.2) is 0 Å². The normalized spacial score (nSPS) is 33.2. The SMILES string of the molecule is Cc1ccc(N2C(=O)[C@H]3[C@H]4C[C@@H]([C@@H]3C2=O)[C@H]2[C@H](c3ccc(Br)cc3)c3sc(=O)[nH]c3S[C@H]42)cc1. The van der Waals surface area contributed by atoms with Gasteiger partial charge in [0, 0.05) is 20.5 Å². The molecule has 8 heteroatoms. The number of hydrogen-bond acceptors (Lipinski definition) is 5. The minimum atomic E-state index is -0.268. The van der Waals surface area contributed by atoms with Crippen LogP contribution >= 0.6 is 39.0 Å². The minimum absolute atomic E-state index is 0.0372. The maximum Gasteiger partial charge on any atom is 0.305 e. The van der Waals surface area contributed by atoms with Crippen LogP contribution in [0.4, 0.5) is 5.69 Å². The number of thiazole rings is 1. The molecule has 2 amide bonds. The first-order valence-corrected chi connectivity index (χ1v) is 14.0. The zero-order valence-corrected chi connectivity index (χ0v) is 21.5. The van der Waals surface area contributed by atoms with E-state index in [1.54, 1.807) is 11.8 Å². The summed E-state index contributed by atoms with van der Waals surface area (Å²) < 4.78 is 1.01. The average Bonchev–Trinajstić information content (AvgIpc) is 3.54. The predicted octanol–water partition coefficient (Wildman–Crippen LogP) is 5.19. The number of H-pyrrole nitrogens is 1. The number of rotatable bonds is 2. The molecule has 5 nitrogen and oxygen atoms in total. The molecule has 7 rings (SSSR count). The molecular formula is C26H21BrN2O3S2. The van der Waals surface area contributed by atoms with Gasteiger partial charge in [-0.1, -0.05) is 57.1 Å². The Morgan fingerprint density at radius 1 is 0.941 bits per heavy atom. The third kappa shape index (κ3) is 2.82. The average molecular weight is 554 g/mol. The van der Waals surface area contributed by atoms with Gasteiger partial charge in [-0.2, -0.15) is 0 Å². The number of carbonyl (C=O) groups excluding carboxylic acids is 2. The number of halogens is 1. The summed E-state index contributed by atoms with van der Waals surface area (Å²) in [5, 5.41) is 1.16. The highest BCUT2D eigenvalue weighted by Crippen LogP contribution is 2.68. The van der Waals surface area contributed by atoms with Crippen molar-refractivity contribution in [3.8, 4) is 0 Å². The second kappa shape index (κ2) is 7.42. The van der Waals surface area contributed by atoms with Crippen LogP contribution in [-0.2, 0) is 9.59 Å². The van der Waals surface area contributed by atoms with E-state index >= 15 is 0 Å². The van der Waals surface area contributed by atoms with Gasteiger partial charge in [-0.3, -0.25) is 19.3 Å². The lowest BCUT2D eigenvalue weighted by molar-refractivity contribution is -0.123. The summed E-state index contributed by atoms with van der Waals surface area (Å²) in [5.74, 6) is -0.0464. The zero-order valence-electron chi connectivity index (χ0n) is 18.2. The fourth-order valence-corrected chi connectivity index (χ4v) is 10.2. The zero-order chi connectivity index (χ0) is 23.3. The van der Waals surface area contributed by atoms with E-state index in [9.17, 15) is 14.4 Å². The first kappa shape index (κ1) is 21.1. The number of anilines is 1. The monoisotopic (exact) mass is 552 g/mol. The summed E-state index contributed by atoms with van der Waals surface area (Å²) in [7, 11) is 0. The van der Waals surface area contributed by atoms with Crippen molar-refractivity contribution >= 4 is 56.5 Å². The summed E-state index contributed by atoms with van der Waals surface area (Å²) in [6.45, 7) is 2.00. The molecule has 2 saturated carbocycles. The molecule has 34 heavy (non-hydrogen) atoms. The van der Waals surface area contributed by atoms with E-state index in [1.165, 1.54) is 21.8 Å². The van der Waals surface area contributed by atoms with Crippen molar-refractivity contribution in [1.82, 2.24) is 4.98 Å². The number of hydrogen-bond donors (Lipinski definition) is 1. The summed E-state index contributed by atoms with van der Waals surface area (Å²) in [4.78, 5) is 45.2. The van der Waals surface area contributed by atoms with Crippen LogP contribution < -0.4 is 9.77 Å². The number of nitrogens with zero attached hydrogens (tertiary/aromatic N) is 1. The van der Waals surface area contributed by atoms with Gasteiger partial charge in [0.25, 0.3) is 0 Å². The molecule has 1 aromatic heterocycles. The fraction of sp³-hybridized carbons (Fsp3) is 0.346. The Hall–Kier alpha value is -2.16. The molecule has 0 spiro atoms. The van der Waals surface area contributed by atoms with E-state index in [2.05, 4.69) is 33.0 Å². The second-order valence-corrected chi connectivity index (χ2v) is 13.0. The first-order valence-electron chi connectivity index (χ1n) is 11.5. The summed E-state index contributed by atoms with van der Waals surface area (Å²) in [6.07, 6.45) is 0.906. The molecule has 3 heterocycles. The Labute approximate surface area is 213 Å². The number of aromatic nitrogens is 1. The Bertz CT molecular complexity index is 1400. The number of nitrogens with one attached hydrogen (secondary N) is 1. The Kier molecular flexibility index (Phi) is 4.61. The molecule has 0 unspecified atom stereocenters. The van der Waals surface area contributed by atoms with Crippen LogP contribution in [0.25, 0.3) is 0 Å². The molecule has 3 fully saturated rings. The van der Waals surface area contributed by atoms with Gasteiger partial charge in [-0.05, 0) is 60.9 Å². The highest BCUT2D eigenvalue weighted by molar-refractivity contribution is 9.10. The molecule has 2 aromatic carbocycles. The van der Waals surface area contributed by atoms with Crippen molar-refractivity contribution in [3.63, 3.8) is 0 Å². The van der Waals surface area contributed by atoms with E-state index in [-0.39, 0.29) is 57.4 Å². The van der Waals surface area contributed by atoms with Crippen LogP contribution in [0.3, 0.4) is 0 Å². The number of imide groups is 1. The fourth-order valence-electron chi connectivity index (χ4n) is 7.01. The molecule has 4 aliphatic rings. The molecule has 1 N–H and O–H groups in total. The highest BCUT2D eigenvalue weighted by Gasteiger charge is 2.69. The van der Waals surface area contributed by atoms with Crippen LogP contribution in [-0.4, -0.2) is 22.0 Å². The molecule has 2 aliphatic heterocycles. The van der Waals surface area contributed by atoms with E-state index in [0.717, 1.165) is 26.4 Å². The van der Waals surface area contributed by atoms with Gasteiger partial charge < -0.3 is 4.98 Å². The van der Waals surface area contributed by atoms with E-state index in [4.69, 9.17) is 0 Å². The molecule has 3 aromatic rings. The number of benzene rings is 2. The van der Waals surface area contributed by atoms with Gasteiger partial charge in [-0.25, -0.2) is 0 Å². The first-order chi connectivity index (χ1) is 16.4. The molecule has 1 saturated heterocycles. The number of aromatic amines is 1. The molecule has 2 aliphatic carbocycles. The summed E-state index contributed by atoms with van der Waals surface area (Å²) in [6, 6.07) is 16.0. The van der Waals surface area contributed by atoms with Crippen LogP contribution in [0.15, 0.2) is 62.8 Å². The minimum Gasteiger partial charge on any atom is -0.307 e. The van der Waals surface area contributed by atoms with Gasteiger partial charge in [-0.15, -0.1) is 11.8 Å². The summed E-state index contributed by atoms with van der Waals surface area (Å²) >= 11 is 6.55. The Morgan fingerprint density at radius 2 is 1.62 bits per heavy atom. The Morgan fingerprint density at radius 3 is 2.32 bits per heavy atom. The van der Waals surface area contributed by atoms with Crippen molar-refractivity contribution in [2.45, 2.75) is 29.5 Å². The lowest BCUT2D eigenvalue weighted by Gasteiger charge is -2.43. The third-order valence-electron chi connectivity index (χ3n) is 8.25. The van der Waals surface area contributed by atoms with Crippen molar-refractivity contribution in [2.75, 3.05) is 4.90 Å². The Balaban J connectivity index is 1.32. The van der Waals surface area contributed by atoms with Crippen molar-refractivity contribution in [1.29, 1.82) is 0 Å². The van der Waals surface area contributed by atoms with Gasteiger partial charge in [0.2, 0.25) is 11.8 Å². The molecule has 7 atom stereocenters. The quantitative estimate of drug-likeness (QED) is 0.444. The second-order valence-electron chi connectivity index (χ2n) is 9.86. The van der Waals surface area contributed by atoms with Crippen LogP contribution in [0, 0.1) is 36.5 Å². The van der Waals surface area contributed by atoms with E-state index in [0.29, 0.717) is 5.69 Å².